The zero-order chi connectivity index (χ0) is 17.6. The minimum Gasteiger partial charge on any atom is -0.399 e. The Morgan fingerprint density at radius 2 is 1.60 bits per heavy atom. The minimum absolute atomic E-state index is 0.701. The molecule has 0 spiro atoms. The van der Waals surface area contributed by atoms with E-state index in [1.54, 1.807) is 7.11 Å². The van der Waals surface area contributed by atoms with Gasteiger partial charge in [-0.2, -0.15) is 0 Å². The number of ether oxygens (including phenoxy) is 1. The first-order valence-corrected chi connectivity index (χ1v) is 8.69. The molecule has 1 aliphatic heterocycles. The molecule has 1 aliphatic rings. The Hall–Kier alpha value is -2.47. The predicted octanol–water partition coefficient (Wildman–Crippen LogP) is 2.07. The van der Waals surface area contributed by atoms with Gasteiger partial charge in [-0.3, -0.25) is 0 Å². The van der Waals surface area contributed by atoms with Crippen LogP contribution in [0.3, 0.4) is 0 Å². The number of hydrogen-bond acceptors (Lipinski definition) is 6. The molecular weight excluding hydrogens is 314 g/mol. The topological polar surface area (TPSA) is 57.9 Å². The molecule has 25 heavy (non-hydrogen) atoms. The largest absolute Gasteiger partial charge is 0.399 e. The molecule has 0 bridgehead atoms. The molecule has 134 valence electrons. The lowest BCUT2D eigenvalue weighted by Gasteiger charge is -2.37. The smallest absolute Gasteiger partial charge is 0.128 e. The summed E-state index contributed by atoms with van der Waals surface area (Å²) in [6.45, 7) is 5.52. The van der Waals surface area contributed by atoms with E-state index in [1.807, 2.05) is 25.4 Å². The molecule has 6 nitrogen and oxygen atoms in total. The van der Waals surface area contributed by atoms with Crippen molar-refractivity contribution >= 4 is 22.9 Å². The van der Waals surface area contributed by atoms with Crippen LogP contribution in [0.4, 0.5) is 22.9 Å². The molecule has 1 saturated heterocycles. The Morgan fingerprint density at radius 3 is 2.16 bits per heavy atom. The first-order valence-electron chi connectivity index (χ1n) is 8.69. The van der Waals surface area contributed by atoms with Gasteiger partial charge >= 0.3 is 0 Å². The molecule has 0 atom stereocenters. The van der Waals surface area contributed by atoms with Crippen molar-refractivity contribution in [2.75, 3.05) is 73.9 Å². The number of nitrogens with two attached hydrogens (primary N) is 1. The Morgan fingerprint density at radius 1 is 1.00 bits per heavy atom. The number of anilines is 4. The number of piperazine rings is 1. The van der Waals surface area contributed by atoms with Gasteiger partial charge in [-0.25, -0.2) is 4.98 Å². The fourth-order valence-corrected chi connectivity index (χ4v) is 3.04. The summed E-state index contributed by atoms with van der Waals surface area (Å²) >= 11 is 0. The van der Waals surface area contributed by atoms with Gasteiger partial charge in [0.1, 0.15) is 5.82 Å². The lowest BCUT2D eigenvalue weighted by molar-refractivity contribution is 0.206. The van der Waals surface area contributed by atoms with Crippen LogP contribution in [0.1, 0.15) is 0 Å². The molecule has 3 rings (SSSR count). The Bertz CT molecular complexity index is 651. The van der Waals surface area contributed by atoms with Crippen molar-refractivity contribution in [3.63, 3.8) is 0 Å². The van der Waals surface area contributed by atoms with E-state index in [2.05, 4.69) is 43.9 Å². The van der Waals surface area contributed by atoms with E-state index in [-0.39, 0.29) is 0 Å². The van der Waals surface area contributed by atoms with Gasteiger partial charge in [0.25, 0.3) is 0 Å². The van der Waals surface area contributed by atoms with Gasteiger partial charge in [0.05, 0.1) is 18.5 Å². The zero-order valence-corrected chi connectivity index (χ0v) is 15.1. The van der Waals surface area contributed by atoms with Crippen molar-refractivity contribution in [1.82, 2.24) is 4.98 Å². The zero-order valence-electron chi connectivity index (χ0n) is 15.1. The fourth-order valence-electron chi connectivity index (χ4n) is 3.04. The van der Waals surface area contributed by atoms with Crippen LogP contribution in [0, 0.1) is 0 Å². The van der Waals surface area contributed by atoms with Crippen molar-refractivity contribution in [3.8, 4) is 0 Å². The van der Waals surface area contributed by atoms with Gasteiger partial charge in [0.15, 0.2) is 0 Å². The second-order valence-electron chi connectivity index (χ2n) is 6.35. The van der Waals surface area contributed by atoms with Crippen LogP contribution >= 0.6 is 0 Å². The van der Waals surface area contributed by atoms with E-state index in [0.717, 1.165) is 44.2 Å². The summed E-state index contributed by atoms with van der Waals surface area (Å²) in [6.07, 6.45) is 1.97. The molecule has 0 amide bonds. The van der Waals surface area contributed by atoms with Gasteiger partial charge in [0, 0.05) is 58.3 Å². The lowest BCUT2D eigenvalue weighted by atomic mass is 10.2. The second kappa shape index (κ2) is 8.07. The average molecular weight is 341 g/mol. The van der Waals surface area contributed by atoms with E-state index < -0.39 is 0 Å². The monoisotopic (exact) mass is 341 g/mol. The number of pyridine rings is 1. The Kier molecular flexibility index (Phi) is 5.60. The third kappa shape index (κ3) is 4.33. The van der Waals surface area contributed by atoms with Crippen molar-refractivity contribution in [2.45, 2.75) is 0 Å². The molecule has 2 aromatic rings. The first kappa shape index (κ1) is 17.4. The van der Waals surface area contributed by atoms with Crippen LogP contribution in [0.2, 0.25) is 0 Å². The highest BCUT2D eigenvalue weighted by Crippen LogP contribution is 2.22. The van der Waals surface area contributed by atoms with Crippen LogP contribution in [-0.4, -0.2) is 58.5 Å². The molecule has 1 aromatic carbocycles. The van der Waals surface area contributed by atoms with E-state index in [4.69, 9.17) is 10.5 Å². The molecule has 2 heterocycles. The standard InChI is InChI=1S/C19H27N5O/c1-22(13-14-25-2)19-8-7-18(15-21-19)24-11-9-23(10-12-24)17-5-3-16(20)4-6-17/h3-8,15H,9-14,20H2,1-2H3. The van der Waals surface area contributed by atoms with Gasteiger partial charge in [-0.05, 0) is 36.4 Å². The van der Waals surface area contributed by atoms with Crippen molar-refractivity contribution in [3.05, 3.63) is 42.6 Å². The summed E-state index contributed by atoms with van der Waals surface area (Å²) in [5.74, 6) is 0.973. The summed E-state index contributed by atoms with van der Waals surface area (Å²) in [5, 5.41) is 0. The third-order valence-corrected chi connectivity index (χ3v) is 4.66. The fraction of sp³-hybridized carbons (Fsp3) is 0.421. The van der Waals surface area contributed by atoms with Crippen LogP contribution < -0.4 is 20.4 Å². The summed E-state index contributed by atoms with van der Waals surface area (Å²) in [6, 6.07) is 12.4. The van der Waals surface area contributed by atoms with E-state index >= 15 is 0 Å². The molecule has 0 aliphatic carbocycles. The molecule has 6 heteroatoms. The molecule has 0 saturated carbocycles. The maximum atomic E-state index is 5.77. The highest BCUT2D eigenvalue weighted by molar-refractivity contribution is 5.56. The van der Waals surface area contributed by atoms with Gasteiger partial charge < -0.3 is 25.2 Å². The summed E-state index contributed by atoms with van der Waals surface area (Å²) in [4.78, 5) is 11.5. The lowest BCUT2D eigenvalue weighted by Crippen LogP contribution is -2.46. The van der Waals surface area contributed by atoms with Crippen LogP contribution in [0.25, 0.3) is 0 Å². The quantitative estimate of drug-likeness (QED) is 0.812. The van der Waals surface area contributed by atoms with E-state index in [0.29, 0.717) is 6.61 Å². The van der Waals surface area contributed by atoms with Gasteiger partial charge in [0.2, 0.25) is 0 Å². The number of likely N-dealkylation sites (N-methyl/N-ethyl adjacent to an activating group) is 1. The summed E-state index contributed by atoms with van der Waals surface area (Å²) in [5.41, 5.74) is 9.00. The molecule has 1 aromatic heterocycles. The van der Waals surface area contributed by atoms with Crippen LogP contribution in [-0.2, 0) is 4.74 Å². The number of rotatable bonds is 6. The number of hydrogen-bond donors (Lipinski definition) is 1. The number of nitrogens with zero attached hydrogens (tertiary/aromatic N) is 4. The Balaban J connectivity index is 1.56. The summed E-state index contributed by atoms with van der Waals surface area (Å²) < 4.78 is 5.12. The van der Waals surface area contributed by atoms with Crippen molar-refractivity contribution in [1.29, 1.82) is 0 Å². The van der Waals surface area contributed by atoms with Crippen LogP contribution in [0.5, 0.6) is 0 Å². The van der Waals surface area contributed by atoms with Gasteiger partial charge in [-0.1, -0.05) is 0 Å². The summed E-state index contributed by atoms with van der Waals surface area (Å²) in [7, 11) is 3.75. The van der Waals surface area contributed by atoms with Crippen molar-refractivity contribution in [2.24, 2.45) is 0 Å². The van der Waals surface area contributed by atoms with E-state index in [1.165, 1.54) is 11.4 Å². The first-order chi connectivity index (χ1) is 12.2. The second-order valence-corrected chi connectivity index (χ2v) is 6.35. The molecule has 2 N–H and O–H groups in total. The predicted molar refractivity (Wildman–Crippen MR) is 105 cm³/mol. The highest BCUT2D eigenvalue weighted by atomic mass is 16.5. The SMILES string of the molecule is COCCN(C)c1ccc(N2CCN(c3ccc(N)cc3)CC2)cn1. The third-order valence-electron chi connectivity index (χ3n) is 4.66. The minimum atomic E-state index is 0.701. The normalized spacial score (nSPS) is 14.6. The van der Waals surface area contributed by atoms with Crippen molar-refractivity contribution < 1.29 is 4.74 Å². The molecule has 0 radical (unpaired) electrons. The van der Waals surface area contributed by atoms with Gasteiger partial charge in [-0.15, -0.1) is 0 Å². The maximum Gasteiger partial charge on any atom is 0.128 e. The average Bonchev–Trinajstić information content (AvgIpc) is 2.67. The number of methoxy groups -OCH3 is 1. The Labute approximate surface area is 149 Å². The molecule has 1 fully saturated rings. The number of nitrogen functional groups attached to an aromatic ring is 1. The molecule has 0 unspecified atom stereocenters. The van der Waals surface area contributed by atoms with E-state index in [9.17, 15) is 0 Å². The number of benzene rings is 1. The highest BCUT2D eigenvalue weighted by Gasteiger charge is 2.18. The van der Waals surface area contributed by atoms with Crippen LogP contribution in [0.15, 0.2) is 42.6 Å². The number of aromatic nitrogens is 1. The maximum absolute atomic E-state index is 5.77. The molecular formula is C19H27N5O.